The van der Waals surface area contributed by atoms with E-state index in [0.717, 1.165) is 50.6 Å². The number of hydrogen-bond acceptors (Lipinski definition) is 3. The topological polar surface area (TPSA) is 48.5 Å². The van der Waals surface area contributed by atoms with Crippen LogP contribution >= 0.6 is 0 Å². The summed E-state index contributed by atoms with van der Waals surface area (Å²) in [5.41, 5.74) is 12.0. The summed E-state index contributed by atoms with van der Waals surface area (Å²) in [7, 11) is 0. The first-order chi connectivity index (χ1) is 25.3. The molecule has 0 unspecified atom stereocenters. The van der Waals surface area contributed by atoms with E-state index in [1.54, 1.807) is 0 Å². The van der Waals surface area contributed by atoms with Gasteiger partial charge in [0.1, 0.15) is 0 Å². The van der Waals surface area contributed by atoms with Gasteiger partial charge in [0.15, 0.2) is 0 Å². The van der Waals surface area contributed by atoms with Crippen LogP contribution in [0.5, 0.6) is 0 Å². The first-order valence-corrected chi connectivity index (χ1v) is 18.7. The van der Waals surface area contributed by atoms with Crippen LogP contribution in [0.4, 0.5) is 0 Å². The van der Waals surface area contributed by atoms with Crippen molar-refractivity contribution in [2.24, 2.45) is 0 Å². The molecule has 0 saturated carbocycles. The second-order valence-electron chi connectivity index (χ2n) is 12.9. The molecule has 6 aromatic carbocycles. The minimum atomic E-state index is 0.106. The molecule has 51 heavy (non-hydrogen) atoms. The van der Waals surface area contributed by atoms with Crippen molar-refractivity contribution in [3.63, 3.8) is 0 Å². The molecule has 238 valence electrons. The molecule has 0 aliphatic heterocycles. The van der Waals surface area contributed by atoms with Gasteiger partial charge in [-0.15, -0.1) is 0 Å². The van der Waals surface area contributed by atoms with Crippen LogP contribution in [0.2, 0.25) is 0 Å². The van der Waals surface area contributed by atoms with Crippen molar-refractivity contribution in [1.29, 1.82) is 0 Å². The second kappa shape index (κ2) is 11.1. The maximum absolute atomic E-state index is 5.29. The monoisotopic (exact) mass is 717 g/mol. The summed E-state index contributed by atoms with van der Waals surface area (Å²) < 4.78 is 7.10. The summed E-state index contributed by atoms with van der Waals surface area (Å²) in [6.45, 7) is 0. The molecule has 0 atom stereocenters. The van der Waals surface area contributed by atoms with E-state index in [1.165, 1.54) is 46.6 Å². The van der Waals surface area contributed by atoms with Crippen LogP contribution in [0.25, 0.3) is 97.2 Å². The van der Waals surface area contributed by atoms with Gasteiger partial charge in [-0.3, -0.25) is 0 Å². The number of aromatic nitrogens is 5. The Kier molecular flexibility index (Phi) is 6.20. The second-order valence-corrected chi connectivity index (χ2v) is 15.2. The standard InChI is InChI=1S/C45H27N5Se/c1-3-11-30(12-4-1)49-37-17-9-7-15-32(37)34-25-28(19-22-39(34)49)36-21-24-41-43(47-36)44-42(51-41)27-46-45(48-44)29-20-23-40-35(26-29)33-16-8-10-18-38(33)50(40)31-13-5-2-6-14-31/h1-27H. The first kappa shape index (κ1) is 28.5. The van der Waals surface area contributed by atoms with Crippen LogP contribution in [-0.2, 0) is 0 Å². The number of hydrogen-bond donors (Lipinski definition) is 0. The van der Waals surface area contributed by atoms with Crippen molar-refractivity contribution in [2.75, 3.05) is 0 Å². The summed E-state index contributed by atoms with van der Waals surface area (Å²) in [6, 6.07) is 56.1. The SMILES string of the molecule is c1ccc(-n2c3ccccc3c3cc(-c4ccc5[se]c6cnc(-c7ccc8c(c7)c7ccccc7n8-c7ccccc7)nc6c5n4)ccc32)cc1. The van der Waals surface area contributed by atoms with Crippen molar-refractivity contribution < 1.29 is 0 Å². The number of pyridine rings is 1. The van der Waals surface area contributed by atoms with Crippen LogP contribution in [0.3, 0.4) is 0 Å². The maximum atomic E-state index is 5.29. The van der Waals surface area contributed by atoms with Gasteiger partial charge >= 0.3 is 288 Å². The van der Waals surface area contributed by atoms with E-state index in [1.807, 2.05) is 6.20 Å². The third kappa shape index (κ3) is 4.37. The zero-order valence-corrected chi connectivity index (χ0v) is 28.9. The summed E-state index contributed by atoms with van der Waals surface area (Å²) in [5.74, 6) is 0.721. The molecule has 0 amide bonds. The Morgan fingerprint density at radius 2 is 0.941 bits per heavy atom. The third-order valence-electron chi connectivity index (χ3n) is 9.99. The predicted octanol–water partition coefficient (Wildman–Crippen LogP) is 10.8. The Balaban J connectivity index is 1.04. The molecule has 0 radical (unpaired) electrons. The molecular weight excluding hydrogens is 689 g/mol. The van der Waals surface area contributed by atoms with Gasteiger partial charge in [-0.05, 0) is 0 Å². The van der Waals surface area contributed by atoms with Gasteiger partial charge in [0.2, 0.25) is 0 Å². The molecule has 0 saturated heterocycles. The Hall–Kier alpha value is -6.33. The molecule has 0 N–H and O–H groups in total. The van der Waals surface area contributed by atoms with E-state index in [9.17, 15) is 0 Å². The van der Waals surface area contributed by atoms with Crippen LogP contribution in [0, 0.1) is 0 Å². The summed E-state index contributed by atoms with van der Waals surface area (Å²) in [4.78, 5) is 15.4. The fourth-order valence-corrected chi connectivity index (χ4v) is 9.69. The normalized spacial score (nSPS) is 11.9. The average Bonchev–Trinajstić information content (AvgIpc) is 3.85. The zero-order chi connectivity index (χ0) is 33.5. The van der Waals surface area contributed by atoms with Crippen molar-refractivity contribution in [3.05, 3.63) is 164 Å². The van der Waals surface area contributed by atoms with Crippen molar-refractivity contribution in [1.82, 2.24) is 24.1 Å². The molecule has 11 rings (SSSR count). The molecule has 0 spiro atoms. The number of rotatable bonds is 4. The molecule has 5 aromatic heterocycles. The predicted molar refractivity (Wildman–Crippen MR) is 211 cm³/mol. The number of nitrogens with zero attached hydrogens (tertiary/aromatic N) is 5. The van der Waals surface area contributed by atoms with E-state index in [0.29, 0.717) is 0 Å². The molecule has 0 aliphatic carbocycles. The fraction of sp³-hybridized carbons (Fsp3) is 0. The van der Waals surface area contributed by atoms with Gasteiger partial charge in [0, 0.05) is 0 Å². The summed E-state index contributed by atoms with van der Waals surface area (Å²) in [5, 5.41) is 4.84. The first-order valence-electron chi connectivity index (χ1n) is 17.0. The quantitative estimate of drug-likeness (QED) is 0.170. The fourth-order valence-electron chi connectivity index (χ4n) is 7.69. The van der Waals surface area contributed by atoms with E-state index < -0.39 is 0 Å². The van der Waals surface area contributed by atoms with Gasteiger partial charge in [-0.2, -0.15) is 0 Å². The van der Waals surface area contributed by atoms with Gasteiger partial charge < -0.3 is 0 Å². The number of benzene rings is 6. The van der Waals surface area contributed by atoms with E-state index in [4.69, 9.17) is 15.0 Å². The summed E-state index contributed by atoms with van der Waals surface area (Å²) in [6.07, 6.45) is 2.01. The molecule has 0 bridgehead atoms. The third-order valence-corrected chi connectivity index (χ3v) is 12.2. The molecule has 5 nitrogen and oxygen atoms in total. The van der Waals surface area contributed by atoms with E-state index in [-0.39, 0.29) is 14.5 Å². The Morgan fingerprint density at radius 1 is 0.412 bits per heavy atom. The summed E-state index contributed by atoms with van der Waals surface area (Å²) >= 11 is 0.106. The minimum absolute atomic E-state index is 0.106. The van der Waals surface area contributed by atoms with Gasteiger partial charge in [0.25, 0.3) is 0 Å². The molecular formula is C45H27N5Se. The van der Waals surface area contributed by atoms with Crippen molar-refractivity contribution in [2.45, 2.75) is 0 Å². The number of para-hydroxylation sites is 4. The Bertz CT molecular complexity index is 2920. The molecule has 11 aromatic rings. The van der Waals surface area contributed by atoms with Crippen molar-refractivity contribution in [3.8, 4) is 34.0 Å². The number of fused-ring (bicyclic) bond motifs is 9. The van der Waals surface area contributed by atoms with Crippen LogP contribution in [0.1, 0.15) is 0 Å². The molecule has 0 fully saturated rings. The van der Waals surface area contributed by atoms with E-state index in [2.05, 4.69) is 167 Å². The van der Waals surface area contributed by atoms with Crippen LogP contribution in [0.15, 0.2) is 164 Å². The van der Waals surface area contributed by atoms with Crippen LogP contribution in [-0.4, -0.2) is 38.6 Å². The molecule has 0 aliphatic rings. The van der Waals surface area contributed by atoms with Gasteiger partial charge in [-0.25, -0.2) is 0 Å². The van der Waals surface area contributed by atoms with Crippen molar-refractivity contribution >= 4 is 77.7 Å². The Labute approximate surface area is 298 Å². The average molecular weight is 717 g/mol. The van der Waals surface area contributed by atoms with Crippen LogP contribution < -0.4 is 0 Å². The van der Waals surface area contributed by atoms with Gasteiger partial charge in [-0.1, -0.05) is 12.1 Å². The molecule has 5 heterocycles. The van der Waals surface area contributed by atoms with Gasteiger partial charge in [0.05, 0.1) is 0 Å². The zero-order valence-electron chi connectivity index (χ0n) is 27.2. The Morgan fingerprint density at radius 3 is 1.59 bits per heavy atom. The molecule has 6 heteroatoms. The van der Waals surface area contributed by atoms with E-state index >= 15 is 0 Å².